The van der Waals surface area contributed by atoms with Crippen LogP contribution in [0.4, 0.5) is 21.4 Å². The molecule has 1 aliphatic rings. The highest BCUT2D eigenvalue weighted by Gasteiger charge is 2.21. The summed E-state index contributed by atoms with van der Waals surface area (Å²) >= 11 is 0. The van der Waals surface area contributed by atoms with Crippen LogP contribution in [0.15, 0.2) is 24.4 Å². The number of hydrogen-bond donors (Lipinski definition) is 4. The lowest BCUT2D eigenvalue weighted by Crippen LogP contribution is -2.45. The molecule has 2 aromatic rings. The number of anilines is 2. The van der Waals surface area contributed by atoms with E-state index in [-0.39, 0.29) is 18.6 Å². The first-order valence-corrected chi connectivity index (χ1v) is 7.29. The third kappa shape index (κ3) is 3.26. The van der Waals surface area contributed by atoms with Gasteiger partial charge in [0, 0.05) is 18.2 Å². The van der Waals surface area contributed by atoms with Gasteiger partial charge in [0.15, 0.2) is 17.3 Å². The van der Waals surface area contributed by atoms with Crippen molar-refractivity contribution in [3.05, 3.63) is 35.5 Å². The monoisotopic (exact) mass is 360 g/mol. The van der Waals surface area contributed by atoms with Crippen LogP contribution >= 0.6 is 0 Å². The predicted octanol–water partition coefficient (Wildman–Crippen LogP) is -0.686. The first kappa shape index (κ1) is 17.2. The Morgan fingerprint density at radius 3 is 2.46 bits per heavy atom. The molecule has 136 valence electrons. The molecule has 26 heavy (non-hydrogen) atoms. The van der Waals surface area contributed by atoms with Gasteiger partial charge in [0.2, 0.25) is 6.79 Å². The molecule has 0 saturated heterocycles. The minimum atomic E-state index is -0.984. The fourth-order valence-electron chi connectivity index (χ4n) is 2.31. The molecule has 0 saturated carbocycles. The Balaban J connectivity index is 1.97. The van der Waals surface area contributed by atoms with Gasteiger partial charge in [-0.25, -0.2) is 31.3 Å². The van der Waals surface area contributed by atoms with Gasteiger partial charge in [-0.2, -0.15) is 9.99 Å². The maximum absolute atomic E-state index is 11.5. The fraction of sp³-hybridized carbons (Fsp3) is 0.143. The van der Waals surface area contributed by atoms with Crippen LogP contribution in [0.3, 0.4) is 0 Å². The number of primary amides is 2. The third-order valence-corrected chi connectivity index (χ3v) is 3.58. The van der Waals surface area contributed by atoms with E-state index in [1.165, 1.54) is 6.20 Å². The first-order valence-electron chi connectivity index (χ1n) is 7.29. The number of nitrogens with zero attached hydrogens (tertiary/aromatic N) is 4. The number of carbonyl (C=O) groups excluding carboxylic acids is 2. The van der Waals surface area contributed by atoms with Gasteiger partial charge in [-0.15, -0.1) is 0 Å². The van der Waals surface area contributed by atoms with Gasteiger partial charge in [-0.1, -0.05) is 6.07 Å². The van der Waals surface area contributed by atoms with Crippen LogP contribution in [0.5, 0.6) is 11.5 Å². The number of ether oxygens (including phenoxy) is 2. The van der Waals surface area contributed by atoms with Crippen molar-refractivity contribution in [3.63, 3.8) is 0 Å². The van der Waals surface area contributed by atoms with E-state index in [4.69, 9.17) is 32.6 Å². The minimum absolute atomic E-state index is 0.0168. The average Bonchev–Trinajstić information content (AvgIpc) is 3.08. The number of nitrogens with two attached hydrogens (primary N) is 4. The predicted molar refractivity (Wildman–Crippen MR) is 89.9 cm³/mol. The van der Waals surface area contributed by atoms with E-state index in [2.05, 4.69) is 9.97 Å². The summed E-state index contributed by atoms with van der Waals surface area (Å²) in [7, 11) is 0. The Morgan fingerprint density at radius 2 is 1.77 bits per heavy atom. The van der Waals surface area contributed by atoms with Crippen LogP contribution in [0, 0.1) is 0 Å². The summed E-state index contributed by atoms with van der Waals surface area (Å²) in [5.74, 6) is 12.1. The number of hydrazine groups is 2. The molecular formula is C14H16N8O4. The number of rotatable bonds is 4. The molecule has 0 atom stereocenters. The van der Waals surface area contributed by atoms with Crippen LogP contribution in [-0.4, -0.2) is 28.8 Å². The highest BCUT2D eigenvalue weighted by molar-refractivity contribution is 5.90. The second-order valence-electron chi connectivity index (χ2n) is 5.30. The van der Waals surface area contributed by atoms with E-state index in [1.807, 2.05) is 6.07 Å². The van der Waals surface area contributed by atoms with Crippen LogP contribution < -0.4 is 42.6 Å². The van der Waals surface area contributed by atoms with Gasteiger partial charge in [0.05, 0.1) is 0 Å². The van der Waals surface area contributed by atoms with Crippen molar-refractivity contribution in [2.75, 3.05) is 16.8 Å². The fourth-order valence-corrected chi connectivity index (χ4v) is 2.31. The number of carbonyl (C=O) groups is 2. The number of urea groups is 2. The zero-order valence-corrected chi connectivity index (χ0v) is 13.5. The zero-order valence-electron chi connectivity index (χ0n) is 13.5. The van der Waals surface area contributed by atoms with Crippen molar-refractivity contribution in [3.8, 4) is 11.5 Å². The van der Waals surface area contributed by atoms with Crippen molar-refractivity contribution in [2.45, 2.75) is 6.42 Å². The molecule has 1 aromatic carbocycles. The molecule has 12 nitrogen and oxygen atoms in total. The molecule has 1 aromatic heterocycles. The van der Waals surface area contributed by atoms with Crippen molar-refractivity contribution in [1.29, 1.82) is 0 Å². The van der Waals surface area contributed by atoms with Crippen LogP contribution in [0.1, 0.15) is 11.1 Å². The molecule has 1 aliphatic heterocycles. The van der Waals surface area contributed by atoms with Crippen molar-refractivity contribution in [1.82, 2.24) is 9.97 Å². The standard InChI is InChI=1S/C14H16N8O4/c15-12(23)21(17)11-8(5-19-14(20-11)22(18)13(16)24)3-7-1-2-9-10(4-7)26-6-25-9/h1-2,4-5H,3,6,17-18H2,(H2,15,23)(H2,16,24). The molecule has 12 heteroatoms. The molecule has 3 rings (SSSR count). The lowest BCUT2D eigenvalue weighted by molar-refractivity contribution is 0.174. The molecule has 2 heterocycles. The van der Waals surface area contributed by atoms with Crippen molar-refractivity contribution in [2.24, 2.45) is 23.2 Å². The molecule has 0 fully saturated rings. The smallest absolute Gasteiger partial charge is 0.336 e. The molecule has 8 N–H and O–H groups in total. The summed E-state index contributed by atoms with van der Waals surface area (Å²) in [6.07, 6.45) is 1.67. The highest BCUT2D eigenvalue weighted by Crippen LogP contribution is 2.33. The Morgan fingerprint density at radius 1 is 1.08 bits per heavy atom. The number of aromatic nitrogens is 2. The summed E-state index contributed by atoms with van der Waals surface area (Å²) in [6.45, 7) is 0.152. The Labute approximate surface area is 147 Å². The molecule has 0 radical (unpaired) electrons. The minimum Gasteiger partial charge on any atom is -0.454 e. The molecule has 4 amide bonds. The molecule has 0 bridgehead atoms. The molecule has 0 spiro atoms. The second-order valence-corrected chi connectivity index (χ2v) is 5.30. The summed E-state index contributed by atoms with van der Waals surface area (Å²) < 4.78 is 10.6. The van der Waals surface area contributed by atoms with Gasteiger partial charge in [0.25, 0.3) is 5.95 Å². The normalized spacial score (nSPS) is 11.9. The van der Waals surface area contributed by atoms with Gasteiger partial charge in [0.1, 0.15) is 0 Å². The average molecular weight is 360 g/mol. The number of benzene rings is 1. The first-order chi connectivity index (χ1) is 12.4. The van der Waals surface area contributed by atoms with Crippen molar-refractivity contribution < 1.29 is 19.1 Å². The van der Waals surface area contributed by atoms with E-state index in [9.17, 15) is 9.59 Å². The van der Waals surface area contributed by atoms with Crippen LogP contribution in [0.2, 0.25) is 0 Å². The number of fused-ring (bicyclic) bond motifs is 1. The number of amides is 4. The summed E-state index contributed by atoms with van der Waals surface area (Å²) in [5.41, 5.74) is 11.6. The summed E-state index contributed by atoms with van der Waals surface area (Å²) in [6, 6.07) is 3.42. The summed E-state index contributed by atoms with van der Waals surface area (Å²) in [4.78, 5) is 30.6. The summed E-state index contributed by atoms with van der Waals surface area (Å²) in [5, 5.41) is 1.14. The zero-order chi connectivity index (χ0) is 18.8. The molecule has 0 aliphatic carbocycles. The maximum atomic E-state index is 11.5. The topological polar surface area (TPSA) is 189 Å². The van der Waals surface area contributed by atoms with E-state index >= 15 is 0 Å². The Kier molecular flexibility index (Phi) is 4.43. The van der Waals surface area contributed by atoms with Crippen LogP contribution in [0.25, 0.3) is 0 Å². The molecular weight excluding hydrogens is 344 g/mol. The van der Waals surface area contributed by atoms with Gasteiger partial charge in [-0.3, -0.25) is 0 Å². The van der Waals surface area contributed by atoms with Gasteiger partial charge in [-0.05, 0) is 17.7 Å². The lowest BCUT2D eigenvalue weighted by atomic mass is 10.1. The number of hydrogen-bond acceptors (Lipinski definition) is 8. The lowest BCUT2D eigenvalue weighted by Gasteiger charge is -2.19. The van der Waals surface area contributed by atoms with E-state index in [0.29, 0.717) is 33.5 Å². The van der Waals surface area contributed by atoms with E-state index in [0.717, 1.165) is 5.56 Å². The van der Waals surface area contributed by atoms with Gasteiger partial charge >= 0.3 is 12.1 Å². The Hall–Kier alpha value is -3.64. The van der Waals surface area contributed by atoms with Crippen molar-refractivity contribution >= 4 is 23.8 Å². The third-order valence-electron chi connectivity index (χ3n) is 3.58. The highest BCUT2D eigenvalue weighted by atomic mass is 16.7. The van der Waals surface area contributed by atoms with E-state index < -0.39 is 12.1 Å². The SMILES string of the molecule is NC(=O)N(N)c1ncc(Cc2ccc3c(c2)OCO3)c(N(N)C(N)=O)n1. The molecule has 0 unspecified atom stereocenters. The van der Waals surface area contributed by atoms with Crippen LogP contribution in [-0.2, 0) is 6.42 Å². The largest absolute Gasteiger partial charge is 0.454 e. The second kappa shape index (κ2) is 6.70. The van der Waals surface area contributed by atoms with E-state index in [1.54, 1.807) is 12.1 Å². The van der Waals surface area contributed by atoms with Gasteiger partial charge < -0.3 is 20.9 Å². The Bertz CT molecular complexity index is 874. The quantitative estimate of drug-likeness (QED) is 0.313. The maximum Gasteiger partial charge on any atom is 0.336 e.